The minimum Gasteiger partial charge on any atom is -0.352 e. The van der Waals surface area contributed by atoms with Crippen LogP contribution in [0.15, 0.2) is 79.7 Å². The summed E-state index contributed by atoms with van der Waals surface area (Å²) < 4.78 is 0. The molecule has 2 aromatic carbocycles. The van der Waals surface area contributed by atoms with Gasteiger partial charge in [-0.3, -0.25) is 9.89 Å². The lowest BCUT2D eigenvalue weighted by atomic mass is 9.96. The van der Waals surface area contributed by atoms with Crippen LogP contribution in [0.2, 0.25) is 0 Å². The number of benzene rings is 2. The molecule has 0 spiro atoms. The van der Waals surface area contributed by atoms with Crippen molar-refractivity contribution >= 4 is 17.1 Å². The highest BCUT2D eigenvalue weighted by Gasteiger charge is 2.10. The van der Waals surface area contributed by atoms with Gasteiger partial charge in [0, 0.05) is 29.4 Å². The Hall–Kier alpha value is -4.10. The average molecular weight is 450 g/mol. The van der Waals surface area contributed by atoms with E-state index in [2.05, 4.69) is 46.1 Å². The van der Waals surface area contributed by atoms with Crippen LogP contribution >= 0.6 is 0 Å². The van der Waals surface area contributed by atoms with E-state index in [4.69, 9.17) is 0 Å². The van der Waals surface area contributed by atoms with Gasteiger partial charge < -0.3 is 5.32 Å². The van der Waals surface area contributed by atoms with Crippen LogP contribution in [-0.4, -0.2) is 22.6 Å². The molecule has 0 saturated heterocycles. The Bertz CT molecular complexity index is 1250. The summed E-state index contributed by atoms with van der Waals surface area (Å²) >= 11 is 0. The smallest absolute Gasteiger partial charge is 0.251 e. The minimum atomic E-state index is -0.0966. The molecule has 0 aliphatic carbocycles. The van der Waals surface area contributed by atoms with E-state index >= 15 is 0 Å². The fraction of sp³-hybridized carbons (Fsp3) is 0.200. The summed E-state index contributed by atoms with van der Waals surface area (Å²) in [4.78, 5) is 12.8. The number of nitrogens with zero attached hydrogens (tertiary/aromatic N) is 1. The lowest BCUT2D eigenvalue weighted by Gasteiger charge is -2.10. The number of rotatable bonds is 8. The Morgan fingerprint density at radius 3 is 2.53 bits per heavy atom. The number of carbonyl (C=O) groups excluding carboxylic acids is 1. The maximum absolute atomic E-state index is 12.8. The normalized spacial score (nSPS) is 11.2. The molecule has 0 aliphatic rings. The first-order valence-electron chi connectivity index (χ1n) is 11.5. The molecule has 1 heterocycles. The van der Waals surface area contributed by atoms with Crippen molar-refractivity contribution < 1.29 is 4.79 Å². The van der Waals surface area contributed by atoms with Gasteiger partial charge in [-0.2, -0.15) is 5.10 Å². The van der Waals surface area contributed by atoms with Crippen LogP contribution < -0.4 is 5.32 Å². The maximum atomic E-state index is 12.8. The Morgan fingerprint density at radius 2 is 1.88 bits per heavy atom. The Labute approximate surface area is 202 Å². The van der Waals surface area contributed by atoms with Crippen LogP contribution in [0.1, 0.15) is 65.4 Å². The number of allylic oxidation sites excluding steroid dienone is 5. The molecule has 3 aromatic rings. The third-order valence-corrected chi connectivity index (χ3v) is 5.45. The molecule has 0 unspecified atom stereocenters. The molecular weight excluding hydrogens is 418 g/mol. The van der Waals surface area contributed by atoms with E-state index in [1.54, 1.807) is 6.20 Å². The topological polar surface area (TPSA) is 57.8 Å². The van der Waals surface area contributed by atoms with Crippen molar-refractivity contribution in [1.29, 1.82) is 0 Å². The number of aromatic amines is 1. The van der Waals surface area contributed by atoms with Gasteiger partial charge in [0.05, 0.1) is 6.20 Å². The van der Waals surface area contributed by atoms with Gasteiger partial charge in [0.2, 0.25) is 0 Å². The van der Waals surface area contributed by atoms with Crippen molar-refractivity contribution in [2.24, 2.45) is 0 Å². The Balaban J connectivity index is 1.82. The van der Waals surface area contributed by atoms with Crippen LogP contribution in [-0.2, 0) is 6.42 Å². The first-order chi connectivity index (χ1) is 16.5. The summed E-state index contributed by atoms with van der Waals surface area (Å²) in [7, 11) is 0. The number of carbonyl (C=O) groups is 1. The largest absolute Gasteiger partial charge is 0.352 e. The lowest BCUT2D eigenvalue weighted by molar-refractivity contribution is 0.0953. The third kappa shape index (κ3) is 6.70. The molecule has 0 atom stereocenters. The quantitative estimate of drug-likeness (QED) is 0.245. The van der Waals surface area contributed by atoms with Crippen molar-refractivity contribution in [3.8, 4) is 11.8 Å². The van der Waals surface area contributed by atoms with E-state index in [-0.39, 0.29) is 5.91 Å². The van der Waals surface area contributed by atoms with Crippen molar-refractivity contribution in [2.45, 2.75) is 33.6 Å². The zero-order chi connectivity index (χ0) is 24.3. The summed E-state index contributed by atoms with van der Waals surface area (Å²) in [5.41, 5.74) is 7.66. The molecule has 1 amide bonds. The Morgan fingerprint density at radius 1 is 1.12 bits per heavy atom. The summed E-state index contributed by atoms with van der Waals surface area (Å²) in [5, 5.41) is 9.77. The molecule has 172 valence electrons. The monoisotopic (exact) mass is 449 g/mol. The van der Waals surface area contributed by atoms with Gasteiger partial charge in [-0.1, -0.05) is 60.4 Å². The van der Waals surface area contributed by atoms with Gasteiger partial charge in [0.15, 0.2) is 0 Å². The van der Waals surface area contributed by atoms with Gasteiger partial charge in [-0.15, -0.1) is 0 Å². The molecule has 4 nitrogen and oxygen atoms in total. The zero-order valence-electron chi connectivity index (χ0n) is 20.1. The van der Waals surface area contributed by atoms with E-state index in [0.29, 0.717) is 12.1 Å². The number of hydrogen-bond donors (Lipinski definition) is 2. The average Bonchev–Trinajstić information content (AvgIpc) is 3.37. The van der Waals surface area contributed by atoms with Crippen molar-refractivity contribution in [2.75, 3.05) is 6.54 Å². The van der Waals surface area contributed by atoms with Crippen LogP contribution in [0.4, 0.5) is 0 Å². The molecule has 0 fully saturated rings. The molecular formula is C30H31N3O. The SMILES string of the molecule is C=C(C)c1ccc(C#Cc2cc(C(=O)NCCCc3cn[nH]c3)ccc2C(/C=C\C)=C/C)cc1. The zero-order valence-corrected chi connectivity index (χ0v) is 20.1. The molecule has 3 rings (SSSR count). The molecule has 2 N–H and O–H groups in total. The van der Waals surface area contributed by atoms with Crippen LogP contribution in [0.5, 0.6) is 0 Å². The highest BCUT2D eigenvalue weighted by atomic mass is 16.1. The second-order valence-corrected chi connectivity index (χ2v) is 8.08. The van der Waals surface area contributed by atoms with Gasteiger partial charge in [0.1, 0.15) is 0 Å². The van der Waals surface area contributed by atoms with Gasteiger partial charge in [-0.25, -0.2) is 0 Å². The van der Waals surface area contributed by atoms with Crippen molar-refractivity contribution in [3.63, 3.8) is 0 Å². The van der Waals surface area contributed by atoms with Crippen LogP contribution in [0.3, 0.4) is 0 Å². The van der Waals surface area contributed by atoms with E-state index in [9.17, 15) is 4.79 Å². The van der Waals surface area contributed by atoms with Gasteiger partial charge in [0.25, 0.3) is 5.91 Å². The van der Waals surface area contributed by atoms with E-state index < -0.39 is 0 Å². The molecule has 1 aromatic heterocycles. The second-order valence-electron chi connectivity index (χ2n) is 8.08. The third-order valence-electron chi connectivity index (χ3n) is 5.45. The summed E-state index contributed by atoms with van der Waals surface area (Å²) in [5.74, 6) is 6.45. The van der Waals surface area contributed by atoms with Crippen molar-refractivity contribution in [1.82, 2.24) is 15.5 Å². The summed E-state index contributed by atoms with van der Waals surface area (Å²) in [6, 6.07) is 13.8. The maximum Gasteiger partial charge on any atom is 0.251 e. The van der Waals surface area contributed by atoms with Gasteiger partial charge >= 0.3 is 0 Å². The molecule has 0 radical (unpaired) electrons. The van der Waals surface area contributed by atoms with Crippen molar-refractivity contribution in [3.05, 3.63) is 113 Å². The molecule has 0 aliphatic heterocycles. The highest BCUT2D eigenvalue weighted by molar-refractivity contribution is 5.95. The van der Waals surface area contributed by atoms with Crippen LogP contribution in [0.25, 0.3) is 11.1 Å². The summed E-state index contributed by atoms with van der Waals surface area (Å²) in [6.07, 6.45) is 11.5. The first-order valence-corrected chi connectivity index (χ1v) is 11.5. The number of aryl methyl sites for hydroxylation is 1. The molecule has 34 heavy (non-hydrogen) atoms. The number of H-pyrrole nitrogens is 1. The second kappa shape index (κ2) is 12.2. The fourth-order valence-corrected chi connectivity index (χ4v) is 3.55. The molecule has 4 heteroatoms. The molecule has 0 saturated carbocycles. The molecule has 0 bridgehead atoms. The Kier molecular flexibility index (Phi) is 8.82. The predicted molar refractivity (Wildman–Crippen MR) is 141 cm³/mol. The van der Waals surface area contributed by atoms with Crippen LogP contribution in [0, 0.1) is 11.8 Å². The summed E-state index contributed by atoms with van der Waals surface area (Å²) in [6.45, 7) is 10.6. The fourth-order valence-electron chi connectivity index (χ4n) is 3.55. The standard InChI is InChI=1S/C30H31N3O/c1-5-8-25(6-2)29-17-16-28(30(34)31-18-7-9-24-20-32-33-21-24)19-27(29)15-12-23-10-13-26(14-11-23)22(3)4/h5-6,8,10-11,13-14,16-17,19-21H,3,7,9,18H2,1-2,4H3,(H,31,34)(H,32,33)/b8-5-,25-6+. The van der Waals surface area contributed by atoms with E-state index in [0.717, 1.165) is 51.8 Å². The first kappa shape index (κ1) is 24.5. The predicted octanol–water partition coefficient (Wildman–Crippen LogP) is 6.18. The number of nitrogens with one attached hydrogen (secondary N) is 2. The number of amides is 1. The van der Waals surface area contributed by atoms with Gasteiger partial charge in [-0.05, 0) is 80.1 Å². The van der Waals surface area contributed by atoms with E-state index in [1.165, 1.54) is 0 Å². The minimum absolute atomic E-state index is 0.0966. The van der Waals surface area contributed by atoms with E-state index in [1.807, 2.05) is 75.5 Å². The highest BCUT2D eigenvalue weighted by Crippen LogP contribution is 2.22. The number of hydrogen-bond acceptors (Lipinski definition) is 2. The lowest BCUT2D eigenvalue weighted by Crippen LogP contribution is -2.24. The number of aromatic nitrogens is 2.